The molecule has 0 bridgehead atoms. The van der Waals surface area contributed by atoms with Gasteiger partial charge in [0.2, 0.25) is 5.91 Å². The minimum absolute atomic E-state index is 0.0619. The summed E-state index contributed by atoms with van der Waals surface area (Å²) < 4.78 is 0.800. The number of Topliss-reactive ketones (excluding diaryl/α,β-unsaturated/α-hetero) is 1. The third-order valence-electron chi connectivity index (χ3n) is 3.54. The van der Waals surface area contributed by atoms with Crippen molar-refractivity contribution in [2.75, 3.05) is 5.32 Å². The average Bonchev–Trinajstić information content (AvgIpc) is 2.58. The number of fused-ring (bicyclic) bond motifs is 1. The summed E-state index contributed by atoms with van der Waals surface area (Å²) in [5.74, 6) is -1.47. The van der Waals surface area contributed by atoms with E-state index in [0.717, 1.165) is 4.47 Å². The number of rotatable bonds is 5. The molecule has 1 aliphatic heterocycles. The molecule has 1 amide bonds. The van der Waals surface area contributed by atoms with Crippen molar-refractivity contribution in [2.45, 2.75) is 31.6 Å². The standard InChI is InChI=1S/C14H14BrNO4/c1-8(17)4-5-14(7-12(18)19)10-3-2-9(15)6-11(10)16-13(14)20/h2-3,6H,4-5,7H2,1H3,(H,16,20)(H,18,19)/t14-/m0/s1. The summed E-state index contributed by atoms with van der Waals surface area (Å²) in [6, 6.07) is 5.24. The van der Waals surface area contributed by atoms with Crippen LogP contribution in [-0.2, 0) is 19.8 Å². The van der Waals surface area contributed by atoms with Crippen molar-refractivity contribution in [3.63, 3.8) is 0 Å². The number of carbonyl (C=O) groups is 3. The second kappa shape index (κ2) is 5.36. The molecule has 0 aliphatic carbocycles. The molecule has 1 aromatic carbocycles. The number of carboxylic acids is 1. The SMILES string of the molecule is CC(=O)CC[C@@]1(CC(=O)O)C(=O)Nc2cc(Br)ccc21. The summed E-state index contributed by atoms with van der Waals surface area (Å²) in [5.41, 5.74) is 0.0941. The van der Waals surface area contributed by atoms with E-state index in [0.29, 0.717) is 11.3 Å². The highest BCUT2D eigenvalue weighted by Gasteiger charge is 2.48. The Hall–Kier alpha value is -1.69. The fourth-order valence-electron chi connectivity index (χ4n) is 2.56. The van der Waals surface area contributed by atoms with Gasteiger partial charge in [0.15, 0.2) is 0 Å². The zero-order chi connectivity index (χ0) is 14.9. The molecular weight excluding hydrogens is 326 g/mol. The van der Waals surface area contributed by atoms with E-state index in [2.05, 4.69) is 21.2 Å². The molecule has 0 fully saturated rings. The summed E-state index contributed by atoms with van der Waals surface area (Å²) in [6.07, 6.45) is 0.0616. The van der Waals surface area contributed by atoms with Crippen LogP contribution in [0.3, 0.4) is 0 Å². The van der Waals surface area contributed by atoms with Crippen molar-refractivity contribution >= 4 is 39.3 Å². The smallest absolute Gasteiger partial charge is 0.304 e. The Balaban J connectivity index is 2.48. The first kappa shape index (κ1) is 14.7. The maximum Gasteiger partial charge on any atom is 0.304 e. The minimum atomic E-state index is -1.16. The Kier molecular flexibility index (Phi) is 3.94. The lowest BCUT2D eigenvalue weighted by Crippen LogP contribution is -2.37. The normalized spacial score (nSPS) is 20.4. The van der Waals surface area contributed by atoms with Gasteiger partial charge in [-0.3, -0.25) is 9.59 Å². The van der Waals surface area contributed by atoms with Crippen LogP contribution < -0.4 is 5.32 Å². The molecule has 1 aliphatic rings. The fourth-order valence-corrected chi connectivity index (χ4v) is 2.92. The fraction of sp³-hybridized carbons (Fsp3) is 0.357. The van der Waals surface area contributed by atoms with Crippen molar-refractivity contribution in [3.8, 4) is 0 Å². The number of anilines is 1. The Labute approximate surface area is 124 Å². The van der Waals surface area contributed by atoms with Gasteiger partial charge in [-0.2, -0.15) is 0 Å². The first-order valence-corrected chi connectivity index (χ1v) is 6.97. The van der Waals surface area contributed by atoms with Crippen LogP contribution in [0, 0.1) is 0 Å². The zero-order valence-corrected chi connectivity index (χ0v) is 12.5. The number of nitrogens with one attached hydrogen (secondary N) is 1. The van der Waals surface area contributed by atoms with Crippen LogP contribution in [0.4, 0.5) is 5.69 Å². The quantitative estimate of drug-likeness (QED) is 0.863. The predicted molar refractivity (Wildman–Crippen MR) is 76.6 cm³/mol. The van der Waals surface area contributed by atoms with Gasteiger partial charge in [0.25, 0.3) is 0 Å². The third-order valence-corrected chi connectivity index (χ3v) is 4.03. The van der Waals surface area contributed by atoms with Crippen LogP contribution in [-0.4, -0.2) is 22.8 Å². The van der Waals surface area contributed by atoms with Crippen LogP contribution in [0.5, 0.6) is 0 Å². The van der Waals surface area contributed by atoms with Gasteiger partial charge in [0.05, 0.1) is 11.8 Å². The maximum absolute atomic E-state index is 12.3. The van der Waals surface area contributed by atoms with Gasteiger partial charge in [-0.15, -0.1) is 0 Å². The monoisotopic (exact) mass is 339 g/mol. The van der Waals surface area contributed by atoms with Gasteiger partial charge in [0.1, 0.15) is 5.78 Å². The summed E-state index contributed by atoms with van der Waals surface area (Å²) in [5, 5.41) is 11.8. The number of ketones is 1. The molecule has 0 saturated heterocycles. The van der Waals surface area contributed by atoms with E-state index in [1.807, 2.05) is 0 Å². The topological polar surface area (TPSA) is 83.5 Å². The van der Waals surface area contributed by atoms with Gasteiger partial charge in [-0.05, 0) is 31.0 Å². The molecule has 106 valence electrons. The van der Waals surface area contributed by atoms with E-state index >= 15 is 0 Å². The van der Waals surface area contributed by atoms with Crippen LogP contribution >= 0.6 is 15.9 Å². The number of carbonyl (C=O) groups excluding carboxylic acids is 2. The maximum atomic E-state index is 12.3. The molecule has 0 aromatic heterocycles. The number of halogens is 1. The van der Waals surface area contributed by atoms with Gasteiger partial charge in [-0.1, -0.05) is 22.0 Å². The summed E-state index contributed by atoms with van der Waals surface area (Å²) in [7, 11) is 0. The van der Waals surface area contributed by atoms with Crippen molar-refractivity contribution in [3.05, 3.63) is 28.2 Å². The van der Waals surface area contributed by atoms with Crippen LogP contribution in [0.25, 0.3) is 0 Å². The second-order valence-electron chi connectivity index (χ2n) is 5.00. The minimum Gasteiger partial charge on any atom is -0.481 e. The number of hydrogen-bond donors (Lipinski definition) is 2. The molecule has 1 atom stereocenters. The van der Waals surface area contributed by atoms with Gasteiger partial charge in [0, 0.05) is 16.6 Å². The van der Waals surface area contributed by atoms with E-state index in [1.54, 1.807) is 18.2 Å². The van der Waals surface area contributed by atoms with E-state index in [4.69, 9.17) is 5.11 Å². The molecule has 6 heteroatoms. The Morgan fingerprint density at radius 3 is 2.70 bits per heavy atom. The lowest BCUT2D eigenvalue weighted by atomic mass is 9.74. The Morgan fingerprint density at radius 2 is 2.10 bits per heavy atom. The van der Waals surface area contributed by atoms with Gasteiger partial charge >= 0.3 is 5.97 Å². The number of hydrogen-bond acceptors (Lipinski definition) is 3. The summed E-state index contributed by atoms with van der Waals surface area (Å²) in [6.45, 7) is 1.43. The second-order valence-corrected chi connectivity index (χ2v) is 5.91. The number of amides is 1. The third kappa shape index (κ3) is 2.60. The molecule has 20 heavy (non-hydrogen) atoms. The van der Waals surface area contributed by atoms with Crippen molar-refractivity contribution in [1.29, 1.82) is 0 Å². The molecule has 0 unspecified atom stereocenters. The predicted octanol–water partition coefficient (Wildman–Crippen LogP) is 2.48. The number of carboxylic acid groups (broad SMARTS) is 1. The van der Waals surface area contributed by atoms with Crippen LogP contribution in [0.15, 0.2) is 22.7 Å². The van der Waals surface area contributed by atoms with Crippen molar-refractivity contribution in [2.24, 2.45) is 0 Å². The van der Waals surface area contributed by atoms with E-state index < -0.39 is 11.4 Å². The van der Waals surface area contributed by atoms with Crippen LogP contribution in [0.1, 0.15) is 31.7 Å². The zero-order valence-electron chi connectivity index (χ0n) is 10.9. The van der Waals surface area contributed by atoms with Gasteiger partial charge in [-0.25, -0.2) is 0 Å². The highest BCUT2D eigenvalue weighted by atomic mass is 79.9. The molecule has 2 N–H and O–H groups in total. The Morgan fingerprint density at radius 1 is 1.40 bits per heavy atom. The van der Waals surface area contributed by atoms with Crippen molar-refractivity contribution in [1.82, 2.24) is 0 Å². The lowest BCUT2D eigenvalue weighted by Gasteiger charge is -2.25. The molecule has 0 saturated carbocycles. The van der Waals surface area contributed by atoms with Gasteiger partial charge < -0.3 is 15.2 Å². The summed E-state index contributed by atoms with van der Waals surface area (Å²) >= 11 is 3.31. The molecule has 1 heterocycles. The molecule has 2 rings (SSSR count). The number of aliphatic carboxylic acids is 1. The largest absolute Gasteiger partial charge is 0.481 e. The van der Waals surface area contributed by atoms with E-state index in [-0.39, 0.29) is 31.0 Å². The van der Waals surface area contributed by atoms with E-state index in [9.17, 15) is 14.4 Å². The first-order chi connectivity index (χ1) is 9.35. The Bertz CT molecular complexity index is 599. The highest BCUT2D eigenvalue weighted by Crippen LogP contribution is 2.44. The molecule has 1 aromatic rings. The molecule has 5 nitrogen and oxygen atoms in total. The summed E-state index contributed by atoms with van der Waals surface area (Å²) in [4.78, 5) is 34.7. The molecule has 0 radical (unpaired) electrons. The average molecular weight is 340 g/mol. The first-order valence-electron chi connectivity index (χ1n) is 6.18. The molecular formula is C14H14BrNO4. The number of benzene rings is 1. The van der Waals surface area contributed by atoms with Crippen LogP contribution in [0.2, 0.25) is 0 Å². The molecule has 0 spiro atoms. The van der Waals surface area contributed by atoms with E-state index in [1.165, 1.54) is 6.92 Å². The highest BCUT2D eigenvalue weighted by molar-refractivity contribution is 9.10. The van der Waals surface area contributed by atoms with Crippen molar-refractivity contribution < 1.29 is 19.5 Å². The lowest BCUT2D eigenvalue weighted by molar-refractivity contribution is -0.141.